The molecule has 0 aliphatic carbocycles. The van der Waals surface area contributed by atoms with Crippen LogP contribution in [0.1, 0.15) is 11.7 Å². The zero-order valence-corrected chi connectivity index (χ0v) is 12.1. The number of hydrogen-bond donors (Lipinski definition) is 0. The molecular formula is C16H14F2N2O3. The third-order valence-electron chi connectivity index (χ3n) is 3.78. The Kier molecular flexibility index (Phi) is 4.20. The molecule has 0 aromatic heterocycles. The smallest absolute Gasteiger partial charge is 0.295 e. The molecule has 1 saturated heterocycles. The van der Waals surface area contributed by atoms with Crippen molar-refractivity contribution in [2.45, 2.75) is 6.10 Å². The monoisotopic (exact) mass is 320 g/mol. The Morgan fingerprint density at radius 2 is 1.83 bits per heavy atom. The van der Waals surface area contributed by atoms with E-state index in [0.29, 0.717) is 25.4 Å². The molecule has 1 heterocycles. The average molecular weight is 320 g/mol. The molecule has 0 radical (unpaired) electrons. The molecule has 120 valence electrons. The van der Waals surface area contributed by atoms with Gasteiger partial charge in [-0.15, -0.1) is 0 Å². The summed E-state index contributed by atoms with van der Waals surface area (Å²) in [5.41, 5.74) is 0.873. The van der Waals surface area contributed by atoms with Crippen LogP contribution in [0.5, 0.6) is 0 Å². The number of nitro groups is 1. The summed E-state index contributed by atoms with van der Waals surface area (Å²) in [6.45, 7) is 1.21. The van der Waals surface area contributed by atoms with Crippen LogP contribution in [0, 0.1) is 21.7 Å². The van der Waals surface area contributed by atoms with E-state index in [-0.39, 0.29) is 17.6 Å². The van der Waals surface area contributed by atoms with Gasteiger partial charge in [-0.3, -0.25) is 10.1 Å². The van der Waals surface area contributed by atoms with Crippen molar-refractivity contribution in [1.29, 1.82) is 0 Å². The number of anilines is 1. The Labute approximate surface area is 131 Å². The van der Waals surface area contributed by atoms with Crippen LogP contribution in [0.4, 0.5) is 20.2 Å². The highest BCUT2D eigenvalue weighted by atomic mass is 19.1. The maximum Gasteiger partial charge on any atom is 0.295 e. The predicted octanol–water partition coefficient (Wildman–Crippen LogP) is 3.45. The number of hydrogen-bond acceptors (Lipinski definition) is 4. The molecule has 1 unspecified atom stereocenters. The Balaban J connectivity index is 1.87. The van der Waals surface area contributed by atoms with Gasteiger partial charge in [-0.1, -0.05) is 12.1 Å². The van der Waals surface area contributed by atoms with Gasteiger partial charge in [0.05, 0.1) is 17.6 Å². The maximum atomic E-state index is 13.3. The van der Waals surface area contributed by atoms with Crippen molar-refractivity contribution in [3.8, 4) is 0 Å². The van der Waals surface area contributed by atoms with Crippen molar-refractivity contribution in [2.24, 2.45) is 0 Å². The SMILES string of the molecule is O=[N+]([O-])c1cc(F)ccc1N1CCOC(c2ccc(F)cc2)C1. The molecule has 1 aliphatic heterocycles. The van der Waals surface area contributed by atoms with Crippen molar-refractivity contribution >= 4 is 11.4 Å². The van der Waals surface area contributed by atoms with E-state index in [1.807, 2.05) is 0 Å². The van der Waals surface area contributed by atoms with Gasteiger partial charge in [-0.25, -0.2) is 8.78 Å². The highest BCUT2D eigenvalue weighted by Crippen LogP contribution is 2.33. The molecule has 23 heavy (non-hydrogen) atoms. The lowest BCUT2D eigenvalue weighted by molar-refractivity contribution is -0.384. The topological polar surface area (TPSA) is 55.6 Å². The zero-order valence-electron chi connectivity index (χ0n) is 12.1. The lowest BCUT2D eigenvalue weighted by atomic mass is 10.1. The fourth-order valence-electron chi connectivity index (χ4n) is 2.66. The number of rotatable bonds is 3. The standard InChI is InChI=1S/C16H14F2N2O3/c17-12-3-1-11(2-4-12)16-10-19(7-8-23-16)14-6-5-13(18)9-15(14)20(21)22/h1-6,9,16H,7-8,10H2. The van der Waals surface area contributed by atoms with Crippen LogP contribution in [-0.4, -0.2) is 24.6 Å². The summed E-state index contributed by atoms with van der Waals surface area (Å²) in [6.07, 6.45) is -0.325. The summed E-state index contributed by atoms with van der Waals surface area (Å²) in [5.74, 6) is -0.987. The number of nitrogens with zero attached hydrogens (tertiary/aromatic N) is 2. The van der Waals surface area contributed by atoms with E-state index in [9.17, 15) is 18.9 Å². The van der Waals surface area contributed by atoms with E-state index in [1.54, 1.807) is 17.0 Å². The fourth-order valence-corrected chi connectivity index (χ4v) is 2.66. The van der Waals surface area contributed by atoms with Gasteiger partial charge in [-0.2, -0.15) is 0 Å². The van der Waals surface area contributed by atoms with Crippen LogP contribution in [-0.2, 0) is 4.74 Å². The highest BCUT2D eigenvalue weighted by Gasteiger charge is 2.27. The van der Waals surface area contributed by atoms with E-state index in [0.717, 1.165) is 11.6 Å². The number of nitro benzene ring substituents is 1. The molecule has 0 amide bonds. The molecular weight excluding hydrogens is 306 g/mol. The molecule has 1 fully saturated rings. The van der Waals surface area contributed by atoms with Gasteiger partial charge in [0.2, 0.25) is 0 Å². The fraction of sp³-hybridized carbons (Fsp3) is 0.250. The minimum absolute atomic E-state index is 0.273. The number of morpholine rings is 1. The Morgan fingerprint density at radius 1 is 1.13 bits per heavy atom. The molecule has 0 saturated carbocycles. The first-order valence-corrected chi connectivity index (χ1v) is 7.10. The van der Waals surface area contributed by atoms with Crippen LogP contribution in [0.3, 0.4) is 0 Å². The average Bonchev–Trinajstić information content (AvgIpc) is 2.55. The van der Waals surface area contributed by atoms with Gasteiger partial charge >= 0.3 is 0 Å². The van der Waals surface area contributed by atoms with E-state index in [1.165, 1.54) is 24.3 Å². The molecule has 7 heteroatoms. The van der Waals surface area contributed by atoms with Crippen LogP contribution >= 0.6 is 0 Å². The van der Waals surface area contributed by atoms with Crippen molar-refractivity contribution in [3.05, 3.63) is 69.8 Å². The second kappa shape index (κ2) is 6.29. The van der Waals surface area contributed by atoms with Crippen LogP contribution in [0.15, 0.2) is 42.5 Å². The quantitative estimate of drug-likeness (QED) is 0.642. The lowest BCUT2D eigenvalue weighted by Crippen LogP contribution is -2.38. The summed E-state index contributed by atoms with van der Waals surface area (Å²) in [5, 5.41) is 11.1. The van der Waals surface area contributed by atoms with Crippen LogP contribution in [0.25, 0.3) is 0 Å². The summed E-state index contributed by atoms with van der Waals surface area (Å²) < 4.78 is 32.0. The number of ether oxygens (including phenoxy) is 1. The van der Waals surface area contributed by atoms with Gasteiger partial charge in [0.15, 0.2) is 0 Å². The summed E-state index contributed by atoms with van der Waals surface area (Å²) >= 11 is 0. The highest BCUT2D eigenvalue weighted by molar-refractivity contribution is 5.63. The van der Waals surface area contributed by atoms with Gasteiger partial charge in [0.1, 0.15) is 23.4 Å². The molecule has 1 aliphatic rings. The largest absolute Gasteiger partial charge is 0.370 e. The van der Waals surface area contributed by atoms with E-state index < -0.39 is 10.7 Å². The Bertz CT molecular complexity index is 722. The second-order valence-corrected chi connectivity index (χ2v) is 5.25. The van der Waals surface area contributed by atoms with E-state index in [2.05, 4.69) is 0 Å². The third kappa shape index (κ3) is 3.29. The summed E-state index contributed by atoms with van der Waals surface area (Å²) in [6, 6.07) is 9.46. The molecule has 3 rings (SSSR count). The predicted molar refractivity (Wildman–Crippen MR) is 80.4 cm³/mol. The third-order valence-corrected chi connectivity index (χ3v) is 3.78. The summed E-state index contributed by atoms with van der Waals surface area (Å²) in [7, 11) is 0. The van der Waals surface area contributed by atoms with E-state index in [4.69, 9.17) is 4.74 Å². The first-order valence-electron chi connectivity index (χ1n) is 7.10. The number of benzene rings is 2. The Hall–Kier alpha value is -2.54. The van der Waals surface area contributed by atoms with Crippen LogP contribution < -0.4 is 4.90 Å². The molecule has 2 aromatic rings. The molecule has 0 N–H and O–H groups in total. The van der Waals surface area contributed by atoms with E-state index >= 15 is 0 Å². The normalized spacial score (nSPS) is 18.0. The molecule has 0 spiro atoms. The molecule has 1 atom stereocenters. The second-order valence-electron chi connectivity index (χ2n) is 5.25. The van der Waals surface area contributed by atoms with Gasteiger partial charge in [-0.05, 0) is 29.8 Å². The van der Waals surface area contributed by atoms with Gasteiger partial charge < -0.3 is 9.64 Å². The molecule has 0 bridgehead atoms. The maximum absolute atomic E-state index is 13.3. The zero-order chi connectivity index (χ0) is 16.4. The van der Waals surface area contributed by atoms with Crippen molar-refractivity contribution < 1.29 is 18.4 Å². The van der Waals surface area contributed by atoms with Crippen molar-refractivity contribution in [1.82, 2.24) is 0 Å². The first kappa shape index (κ1) is 15.4. The lowest BCUT2D eigenvalue weighted by Gasteiger charge is -2.34. The minimum atomic E-state index is -0.649. The van der Waals surface area contributed by atoms with Crippen molar-refractivity contribution in [2.75, 3.05) is 24.6 Å². The first-order chi connectivity index (χ1) is 11.0. The molecule has 2 aromatic carbocycles. The molecule has 5 nitrogen and oxygen atoms in total. The Morgan fingerprint density at radius 3 is 2.52 bits per heavy atom. The number of halogens is 2. The van der Waals surface area contributed by atoms with Crippen molar-refractivity contribution in [3.63, 3.8) is 0 Å². The van der Waals surface area contributed by atoms with Crippen LogP contribution in [0.2, 0.25) is 0 Å². The van der Waals surface area contributed by atoms with Gasteiger partial charge in [0.25, 0.3) is 5.69 Å². The minimum Gasteiger partial charge on any atom is -0.370 e. The van der Waals surface area contributed by atoms with Gasteiger partial charge in [0, 0.05) is 13.1 Å². The summed E-state index contributed by atoms with van der Waals surface area (Å²) in [4.78, 5) is 12.3.